The summed E-state index contributed by atoms with van der Waals surface area (Å²) in [5.41, 5.74) is 2.56. The van der Waals surface area contributed by atoms with Crippen LogP contribution in [0.4, 0.5) is 0 Å². The van der Waals surface area contributed by atoms with E-state index in [-0.39, 0.29) is 5.75 Å². The van der Waals surface area contributed by atoms with E-state index >= 15 is 0 Å². The Morgan fingerprint density at radius 3 is 2.29 bits per heavy atom. The highest BCUT2D eigenvalue weighted by atomic mass is 16.3. The van der Waals surface area contributed by atoms with Crippen LogP contribution < -0.4 is 0 Å². The first-order chi connectivity index (χ1) is 11.8. The molecule has 0 aliphatic heterocycles. The molecule has 0 saturated carbocycles. The first-order valence-electron chi connectivity index (χ1n) is 8.21. The summed E-state index contributed by atoms with van der Waals surface area (Å²) < 4.78 is 0. The zero-order valence-corrected chi connectivity index (χ0v) is 13.1. The molecule has 0 bridgehead atoms. The van der Waals surface area contributed by atoms with E-state index in [0.29, 0.717) is 0 Å². The van der Waals surface area contributed by atoms with Gasteiger partial charge < -0.3 is 0 Å². The van der Waals surface area contributed by atoms with Crippen molar-refractivity contribution in [1.29, 1.82) is 0 Å². The Morgan fingerprint density at radius 1 is 0.625 bits per heavy atom. The second-order valence-corrected chi connectivity index (χ2v) is 6.38. The lowest BCUT2D eigenvalue weighted by atomic mass is 9.89. The number of benzene rings is 5. The molecule has 0 spiro atoms. The standard InChI is InChI=1S/C23H15O/c24-21-12-11-19-18(13-15-5-2-1-3-6-15)14-17-8-4-7-16-9-10-20(21)23(19)22(16)17/h1-12,14H,13H2. The lowest BCUT2D eigenvalue weighted by Crippen LogP contribution is -1.93. The van der Waals surface area contributed by atoms with Gasteiger partial charge >= 0.3 is 0 Å². The summed E-state index contributed by atoms with van der Waals surface area (Å²) >= 11 is 0. The molecule has 1 radical (unpaired) electrons. The van der Waals surface area contributed by atoms with Gasteiger partial charge in [-0.25, -0.2) is 0 Å². The van der Waals surface area contributed by atoms with E-state index < -0.39 is 0 Å². The van der Waals surface area contributed by atoms with Gasteiger partial charge in [-0.1, -0.05) is 66.7 Å². The van der Waals surface area contributed by atoms with E-state index in [2.05, 4.69) is 54.6 Å². The van der Waals surface area contributed by atoms with Gasteiger partial charge in [0.15, 0.2) is 5.75 Å². The maximum atomic E-state index is 12.4. The van der Waals surface area contributed by atoms with Crippen LogP contribution in [-0.2, 0) is 11.5 Å². The fraction of sp³-hybridized carbons (Fsp3) is 0.0435. The van der Waals surface area contributed by atoms with E-state index in [1.165, 1.54) is 32.7 Å². The van der Waals surface area contributed by atoms with Crippen LogP contribution in [0, 0.1) is 0 Å². The second kappa shape index (κ2) is 4.97. The third kappa shape index (κ3) is 1.88. The Balaban J connectivity index is 1.90. The van der Waals surface area contributed by atoms with Crippen LogP contribution in [0.3, 0.4) is 0 Å². The minimum Gasteiger partial charge on any atom is -0.289 e. The van der Waals surface area contributed by atoms with Crippen LogP contribution in [0.2, 0.25) is 0 Å². The van der Waals surface area contributed by atoms with Crippen molar-refractivity contribution in [2.24, 2.45) is 0 Å². The molecule has 113 valence electrons. The van der Waals surface area contributed by atoms with Gasteiger partial charge in [-0.2, -0.15) is 0 Å². The van der Waals surface area contributed by atoms with E-state index in [9.17, 15) is 5.11 Å². The number of hydrogen-bond donors (Lipinski definition) is 0. The van der Waals surface area contributed by atoms with Crippen LogP contribution in [0.25, 0.3) is 32.3 Å². The summed E-state index contributed by atoms with van der Waals surface area (Å²) in [5.74, 6) is 0.103. The zero-order chi connectivity index (χ0) is 16.1. The van der Waals surface area contributed by atoms with E-state index in [1.54, 1.807) is 6.07 Å². The van der Waals surface area contributed by atoms with Crippen molar-refractivity contribution in [3.63, 3.8) is 0 Å². The molecule has 0 unspecified atom stereocenters. The van der Waals surface area contributed by atoms with Crippen molar-refractivity contribution in [2.45, 2.75) is 6.42 Å². The van der Waals surface area contributed by atoms with Gasteiger partial charge in [0.2, 0.25) is 0 Å². The van der Waals surface area contributed by atoms with Crippen molar-refractivity contribution >= 4 is 32.3 Å². The topological polar surface area (TPSA) is 19.9 Å². The van der Waals surface area contributed by atoms with Gasteiger partial charge in [0.05, 0.1) is 0 Å². The summed E-state index contributed by atoms with van der Waals surface area (Å²) in [6, 6.07) is 26.9. The highest BCUT2D eigenvalue weighted by molar-refractivity contribution is 6.24. The molecule has 0 N–H and O–H groups in total. The summed E-state index contributed by atoms with van der Waals surface area (Å²) in [4.78, 5) is 0. The Labute approximate surface area is 140 Å². The molecule has 0 atom stereocenters. The minimum absolute atomic E-state index is 0.103. The van der Waals surface area contributed by atoms with Crippen LogP contribution in [0.15, 0.2) is 78.9 Å². The normalized spacial score (nSPS) is 11.7. The maximum Gasteiger partial charge on any atom is 0.186 e. The Morgan fingerprint density at radius 2 is 1.42 bits per heavy atom. The molecular weight excluding hydrogens is 292 g/mol. The quantitative estimate of drug-likeness (QED) is 0.340. The third-order valence-electron chi connectivity index (χ3n) is 4.93. The average molecular weight is 307 g/mol. The molecule has 0 heterocycles. The Bertz CT molecular complexity index is 1170. The molecule has 5 aromatic rings. The van der Waals surface area contributed by atoms with Crippen molar-refractivity contribution < 1.29 is 5.11 Å². The lowest BCUT2D eigenvalue weighted by Gasteiger charge is -2.15. The Hall–Kier alpha value is -3.06. The van der Waals surface area contributed by atoms with Gasteiger partial charge in [-0.3, -0.25) is 5.11 Å². The SMILES string of the molecule is [O]c1ccc2c(Cc3ccccc3)cc3cccc4ccc1c2c43. The molecule has 0 aliphatic rings. The molecule has 5 aromatic carbocycles. The molecule has 0 saturated heterocycles. The Kier molecular flexibility index (Phi) is 2.77. The van der Waals surface area contributed by atoms with E-state index in [1.807, 2.05) is 18.2 Å². The van der Waals surface area contributed by atoms with Gasteiger partial charge in [-0.15, -0.1) is 0 Å². The molecule has 24 heavy (non-hydrogen) atoms. The largest absolute Gasteiger partial charge is 0.289 e. The van der Waals surface area contributed by atoms with Crippen molar-refractivity contribution in [3.05, 3.63) is 90.0 Å². The zero-order valence-electron chi connectivity index (χ0n) is 13.1. The molecule has 0 aromatic heterocycles. The highest BCUT2D eigenvalue weighted by Crippen LogP contribution is 2.40. The highest BCUT2D eigenvalue weighted by Gasteiger charge is 2.14. The van der Waals surface area contributed by atoms with Gasteiger partial charge in [0.1, 0.15) is 0 Å². The molecule has 0 fully saturated rings. The van der Waals surface area contributed by atoms with Crippen molar-refractivity contribution in [3.8, 4) is 5.75 Å². The smallest absolute Gasteiger partial charge is 0.186 e. The number of hydrogen-bond acceptors (Lipinski definition) is 0. The molecule has 0 amide bonds. The molecule has 1 heteroatoms. The molecular formula is C23H15O. The monoisotopic (exact) mass is 307 g/mol. The van der Waals surface area contributed by atoms with Gasteiger partial charge in [-0.05, 0) is 51.2 Å². The first kappa shape index (κ1) is 13.4. The van der Waals surface area contributed by atoms with Crippen molar-refractivity contribution in [2.75, 3.05) is 0 Å². The predicted octanol–water partition coefficient (Wildman–Crippen LogP) is 6.32. The first-order valence-corrected chi connectivity index (χ1v) is 8.21. The van der Waals surface area contributed by atoms with Gasteiger partial charge in [0, 0.05) is 10.8 Å². The molecule has 5 rings (SSSR count). The van der Waals surface area contributed by atoms with Crippen LogP contribution in [0.1, 0.15) is 11.1 Å². The second-order valence-electron chi connectivity index (χ2n) is 6.38. The number of rotatable bonds is 2. The van der Waals surface area contributed by atoms with E-state index in [0.717, 1.165) is 17.2 Å². The predicted molar refractivity (Wildman–Crippen MR) is 99.5 cm³/mol. The average Bonchev–Trinajstić information content (AvgIpc) is 2.62. The molecule has 1 nitrogen and oxygen atoms in total. The summed E-state index contributed by atoms with van der Waals surface area (Å²) in [5, 5.41) is 19.1. The van der Waals surface area contributed by atoms with Crippen LogP contribution in [0.5, 0.6) is 5.75 Å². The molecule has 0 aliphatic carbocycles. The van der Waals surface area contributed by atoms with Crippen LogP contribution >= 0.6 is 0 Å². The maximum absolute atomic E-state index is 12.4. The fourth-order valence-corrected chi connectivity index (χ4v) is 3.84. The van der Waals surface area contributed by atoms with Gasteiger partial charge in [0.25, 0.3) is 0 Å². The fourth-order valence-electron chi connectivity index (χ4n) is 3.84. The summed E-state index contributed by atoms with van der Waals surface area (Å²) in [7, 11) is 0. The minimum atomic E-state index is 0.103. The van der Waals surface area contributed by atoms with E-state index in [4.69, 9.17) is 0 Å². The van der Waals surface area contributed by atoms with Crippen LogP contribution in [-0.4, -0.2) is 0 Å². The third-order valence-corrected chi connectivity index (χ3v) is 4.93. The summed E-state index contributed by atoms with van der Waals surface area (Å²) in [6.45, 7) is 0. The van der Waals surface area contributed by atoms with Crippen molar-refractivity contribution in [1.82, 2.24) is 0 Å². The summed E-state index contributed by atoms with van der Waals surface area (Å²) in [6.07, 6.45) is 0.874. The lowest BCUT2D eigenvalue weighted by molar-refractivity contribution is 0.360.